The Morgan fingerprint density at radius 3 is 2.58 bits per heavy atom. The van der Waals surface area contributed by atoms with Crippen LogP contribution in [0.15, 0.2) is 24.3 Å². The van der Waals surface area contributed by atoms with Crippen LogP contribution in [0.2, 0.25) is 5.02 Å². The Morgan fingerprint density at radius 1 is 1.37 bits per heavy atom. The van der Waals surface area contributed by atoms with Crippen molar-refractivity contribution in [2.24, 2.45) is 0 Å². The average molecular weight is 284 g/mol. The second-order valence-corrected chi connectivity index (χ2v) is 4.98. The predicted octanol–water partition coefficient (Wildman–Crippen LogP) is 1.24. The lowest BCUT2D eigenvalue weighted by Gasteiger charge is -2.23. The summed E-state index contributed by atoms with van der Waals surface area (Å²) in [6.45, 7) is 0.349. The van der Waals surface area contributed by atoms with Gasteiger partial charge in [-0.3, -0.25) is 4.79 Å². The van der Waals surface area contributed by atoms with Gasteiger partial charge in [0.05, 0.1) is 13.0 Å². The van der Waals surface area contributed by atoms with Crippen LogP contribution in [0.25, 0.3) is 0 Å². The highest BCUT2D eigenvalue weighted by atomic mass is 35.5. The van der Waals surface area contributed by atoms with Crippen LogP contribution in [-0.2, 0) is 20.7 Å². The van der Waals surface area contributed by atoms with Crippen molar-refractivity contribution in [3.05, 3.63) is 34.9 Å². The fourth-order valence-electron chi connectivity index (χ4n) is 1.98. The van der Waals surface area contributed by atoms with Crippen molar-refractivity contribution in [2.45, 2.75) is 18.4 Å². The molecule has 1 aromatic carbocycles. The SMILES string of the molecule is O=C(Cc1ccc(Cl)cc1)NC1(C(=O)O)CCOC1. The number of carbonyl (C=O) groups is 2. The first-order chi connectivity index (χ1) is 9.02. The maximum Gasteiger partial charge on any atom is 0.331 e. The highest BCUT2D eigenvalue weighted by Gasteiger charge is 2.43. The van der Waals surface area contributed by atoms with Gasteiger partial charge in [-0.15, -0.1) is 0 Å². The molecule has 1 aromatic rings. The van der Waals surface area contributed by atoms with Gasteiger partial charge in [-0.05, 0) is 17.7 Å². The second kappa shape index (κ2) is 5.59. The van der Waals surface area contributed by atoms with Crippen molar-refractivity contribution in [2.75, 3.05) is 13.2 Å². The minimum Gasteiger partial charge on any atom is -0.479 e. The summed E-state index contributed by atoms with van der Waals surface area (Å²) >= 11 is 5.75. The zero-order valence-corrected chi connectivity index (χ0v) is 10.9. The van der Waals surface area contributed by atoms with Gasteiger partial charge in [-0.1, -0.05) is 23.7 Å². The number of benzene rings is 1. The van der Waals surface area contributed by atoms with Crippen LogP contribution in [0.1, 0.15) is 12.0 Å². The fourth-order valence-corrected chi connectivity index (χ4v) is 2.11. The summed E-state index contributed by atoms with van der Waals surface area (Å²) in [5.41, 5.74) is -0.509. The van der Waals surface area contributed by atoms with Gasteiger partial charge in [0.15, 0.2) is 5.54 Å². The highest BCUT2D eigenvalue weighted by Crippen LogP contribution is 2.19. The number of carboxylic acid groups (broad SMARTS) is 1. The number of carbonyl (C=O) groups excluding carboxylic acids is 1. The molecule has 6 heteroatoms. The van der Waals surface area contributed by atoms with Crippen LogP contribution < -0.4 is 5.32 Å². The molecule has 0 aliphatic carbocycles. The minimum atomic E-state index is -1.29. The van der Waals surface area contributed by atoms with Crippen LogP contribution in [-0.4, -0.2) is 35.7 Å². The number of hydrogen-bond acceptors (Lipinski definition) is 3. The molecule has 1 aliphatic heterocycles. The number of hydrogen-bond donors (Lipinski definition) is 2. The summed E-state index contributed by atoms with van der Waals surface area (Å²) in [6, 6.07) is 6.85. The first kappa shape index (κ1) is 13.8. The van der Waals surface area contributed by atoms with Crippen molar-refractivity contribution < 1.29 is 19.4 Å². The molecule has 102 valence electrons. The lowest BCUT2D eigenvalue weighted by molar-refractivity contribution is -0.147. The molecule has 0 aromatic heterocycles. The Bertz CT molecular complexity index is 480. The summed E-state index contributed by atoms with van der Waals surface area (Å²) in [5, 5.41) is 12.4. The van der Waals surface area contributed by atoms with Gasteiger partial charge >= 0.3 is 5.97 Å². The molecule has 0 bridgehead atoms. The largest absolute Gasteiger partial charge is 0.479 e. The summed E-state index contributed by atoms with van der Waals surface area (Å²) in [4.78, 5) is 23.1. The number of amides is 1. The summed E-state index contributed by atoms with van der Waals surface area (Å²) in [5.74, 6) is -1.40. The van der Waals surface area contributed by atoms with Crippen molar-refractivity contribution in [3.63, 3.8) is 0 Å². The van der Waals surface area contributed by atoms with Crippen LogP contribution in [0, 0.1) is 0 Å². The van der Waals surface area contributed by atoms with E-state index in [0.717, 1.165) is 5.56 Å². The number of aliphatic carboxylic acids is 1. The van der Waals surface area contributed by atoms with Crippen molar-refractivity contribution in [3.8, 4) is 0 Å². The van der Waals surface area contributed by atoms with Crippen LogP contribution in [0.5, 0.6) is 0 Å². The molecular formula is C13H14ClNO4. The van der Waals surface area contributed by atoms with Gasteiger partial charge in [0, 0.05) is 18.1 Å². The van der Waals surface area contributed by atoms with Gasteiger partial charge < -0.3 is 15.2 Å². The summed E-state index contributed by atoms with van der Waals surface area (Å²) < 4.78 is 5.08. The molecule has 1 heterocycles. The lowest BCUT2D eigenvalue weighted by atomic mass is 9.98. The topological polar surface area (TPSA) is 75.6 Å². The average Bonchev–Trinajstić information content (AvgIpc) is 2.82. The molecule has 1 unspecified atom stereocenters. The number of nitrogens with one attached hydrogen (secondary N) is 1. The van der Waals surface area contributed by atoms with E-state index >= 15 is 0 Å². The van der Waals surface area contributed by atoms with E-state index in [1.165, 1.54) is 0 Å². The maximum absolute atomic E-state index is 11.9. The molecule has 1 saturated heterocycles. The first-order valence-corrected chi connectivity index (χ1v) is 6.26. The number of ether oxygens (including phenoxy) is 1. The smallest absolute Gasteiger partial charge is 0.331 e. The molecule has 19 heavy (non-hydrogen) atoms. The normalized spacial score (nSPS) is 22.2. The molecule has 1 atom stereocenters. The Kier molecular flexibility index (Phi) is 4.07. The Hall–Kier alpha value is -1.59. The van der Waals surface area contributed by atoms with Crippen molar-refractivity contribution in [1.82, 2.24) is 5.32 Å². The van der Waals surface area contributed by atoms with Gasteiger partial charge in [0.1, 0.15) is 0 Å². The van der Waals surface area contributed by atoms with Crippen molar-refractivity contribution in [1.29, 1.82) is 0 Å². The van der Waals surface area contributed by atoms with Crippen LogP contribution >= 0.6 is 11.6 Å². The molecule has 1 aliphatic rings. The van der Waals surface area contributed by atoms with E-state index in [0.29, 0.717) is 11.6 Å². The molecule has 0 radical (unpaired) electrons. The van der Waals surface area contributed by atoms with E-state index in [1.807, 2.05) is 0 Å². The quantitative estimate of drug-likeness (QED) is 0.872. The Balaban J connectivity index is 2.00. The molecule has 5 nitrogen and oxygen atoms in total. The Labute approximate surface area is 115 Å². The third-order valence-electron chi connectivity index (χ3n) is 3.09. The minimum absolute atomic E-state index is 0.00862. The van der Waals surface area contributed by atoms with E-state index in [2.05, 4.69) is 5.32 Å². The second-order valence-electron chi connectivity index (χ2n) is 4.54. The molecule has 2 N–H and O–H groups in total. The predicted molar refractivity (Wildman–Crippen MR) is 69.1 cm³/mol. The van der Waals surface area contributed by atoms with Gasteiger partial charge in [0.25, 0.3) is 0 Å². The van der Waals surface area contributed by atoms with E-state index in [-0.39, 0.29) is 25.4 Å². The summed E-state index contributed by atoms with van der Waals surface area (Å²) in [6.07, 6.45) is 0.404. The van der Waals surface area contributed by atoms with E-state index in [9.17, 15) is 14.7 Å². The molecule has 1 fully saturated rings. The van der Waals surface area contributed by atoms with Gasteiger partial charge in [-0.2, -0.15) is 0 Å². The maximum atomic E-state index is 11.9. The van der Waals surface area contributed by atoms with Gasteiger partial charge in [-0.25, -0.2) is 4.79 Å². The van der Waals surface area contributed by atoms with E-state index in [1.54, 1.807) is 24.3 Å². The number of halogens is 1. The summed E-state index contributed by atoms with van der Waals surface area (Å²) in [7, 11) is 0. The van der Waals surface area contributed by atoms with Gasteiger partial charge in [0.2, 0.25) is 5.91 Å². The first-order valence-electron chi connectivity index (χ1n) is 5.88. The molecular weight excluding hydrogens is 270 g/mol. The third-order valence-corrected chi connectivity index (χ3v) is 3.34. The lowest BCUT2D eigenvalue weighted by Crippen LogP contribution is -2.55. The third kappa shape index (κ3) is 3.24. The van der Waals surface area contributed by atoms with Crippen LogP contribution in [0.4, 0.5) is 0 Å². The molecule has 0 saturated carbocycles. The molecule has 0 spiro atoms. The van der Waals surface area contributed by atoms with Crippen LogP contribution in [0.3, 0.4) is 0 Å². The van der Waals surface area contributed by atoms with E-state index < -0.39 is 11.5 Å². The fraction of sp³-hybridized carbons (Fsp3) is 0.385. The number of carboxylic acids is 1. The standard InChI is InChI=1S/C13H14ClNO4/c14-10-3-1-9(2-4-10)7-11(16)15-13(12(17)18)5-6-19-8-13/h1-4H,5-8H2,(H,15,16)(H,17,18). The Morgan fingerprint density at radius 2 is 2.05 bits per heavy atom. The molecule has 1 amide bonds. The highest BCUT2D eigenvalue weighted by molar-refractivity contribution is 6.30. The monoisotopic (exact) mass is 283 g/mol. The zero-order valence-electron chi connectivity index (χ0n) is 10.2. The van der Waals surface area contributed by atoms with E-state index in [4.69, 9.17) is 16.3 Å². The number of rotatable bonds is 4. The zero-order chi connectivity index (χ0) is 13.9. The van der Waals surface area contributed by atoms with Crippen molar-refractivity contribution >= 4 is 23.5 Å². The molecule has 2 rings (SSSR count).